The molecule has 25 heavy (non-hydrogen) atoms. The average molecular weight is 354 g/mol. The molecule has 3 aromatic carbocycles. The zero-order chi connectivity index (χ0) is 17.7. The van der Waals surface area contributed by atoms with Crippen molar-refractivity contribution in [1.29, 1.82) is 0 Å². The first-order chi connectivity index (χ1) is 12.1. The number of anilines is 1. The second kappa shape index (κ2) is 7.38. The van der Waals surface area contributed by atoms with Gasteiger partial charge in [0.15, 0.2) is 0 Å². The van der Waals surface area contributed by atoms with Crippen LogP contribution in [0.4, 0.5) is 5.69 Å². The second-order valence-electron chi connectivity index (χ2n) is 5.45. The first-order valence-electron chi connectivity index (χ1n) is 7.67. The standard InChI is InChI=1S/C20H16ClNO3/c21-22-17-12-7-13-18(14-17)25-19(23)20(24,15-8-3-1-4-9-15)16-10-5-2-6-11-16/h1-14,22,24H. The molecule has 2 N–H and O–H groups in total. The summed E-state index contributed by atoms with van der Waals surface area (Å²) in [6, 6.07) is 24.0. The van der Waals surface area contributed by atoms with E-state index in [1.165, 1.54) is 0 Å². The fraction of sp³-hybridized carbons (Fsp3) is 0.0500. The van der Waals surface area contributed by atoms with Gasteiger partial charge >= 0.3 is 5.97 Å². The maximum absolute atomic E-state index is 12.9. The number of carbonyl (C=O) groups is 1. The normalized spacial score (nSPS) is 11.0. The van der Waals surface area contributed by atoms with Crippen LogP contribution in [-0.4, -0.2) is 11.1 Å². The van der Waals surface area contributed by atoms with Crippen LogP contribution in [0.5, 0.6) is 5.75 Å². The van der Waals surface area contributed by atoms with Gasteiger partial charge in [-0.15, -0.1) is 0 Å². The molecule has 0 spiro atoms. The van der Waals surface area contributed by atoms with E-state index in [-0.39, 0.29) is 5.75 Å². The van der Waals surface area contributed by atoms with Gasteiger partial charge in [0.1, 0.15) is 5.75 Å². The molecule has 5 heteroatoms. The Morgan fingerprint density at radius 2 is 1.44 bits per heavy atom. The maximum Gasteiger partial charge on any atom is 0.353 e. The molecule has 0 saturated heterocycles. The summed E-state index contributed by atoms with van der Waals surface area (Å²) in [5, 5.41) is 11.3. The van der Waals surface area contributed by atoms with Crippen molar-refractivity contribution in [2.24, 2.45) is 0 Å². The monoisotopic (exact) mass is 353 g/mol. The molecule has 0 amide bonds. The van der Waals surface area contributed by atoms with Gasteiger partial charge < -0.3 is 9.84 Å². The Morgan fingerprint density at radius 1 is 0.880 bits per heavy atom. The molecule has 3 aromatic rings. The lowest BCUT2D eigenvalue weighted by Crippen LogP contribution is -2.40. The number of nitrogens with one attached hydrogen (secondary N) is 1. The van der Waals surface area contributed by atoms with Crippen LogP contribution in [0.1, 0.15) is 11.1 Å². The van der Waals surface area contributed by atoms with Crippen LogP contribution < -0.4 is 9.57 Å². The molecular weight excluding hydrogens is 338 g/mol. The number of benzene rings is 3. The van der Waals surface area contributed by atoms with Crippen molar-refractivity contribution in [3.8, 4) is 5.75 Å². The first kappa shape index (κ1) is 17.0. The number of halogens is 1. The van der Waals surface area contributed by atoms with E-state index in [0.717, 1.165) is 0 Å². The van der Waals surface area contributed by atoms with Crippen molar-refractivity contribution in [2.75, 3.05) is 4.84 Å². The minimum Gasteiger partial charge on any atom is -0.424 e. The van der Waals surface area contributed by atoms with E-state index in [1.54, 1.807) is 72.8 Å². The highest BCUT2D eigenvalue weighted by Crippen LogP contribution is 2.32. The quantitative estimate of drug-likeness (QED) is 0.412. The number of esters is 1. The summed E-state index contributed by atoms with van der Waals surface area (Å²) in [4.78, 5) is 15.4. The minimum atomic E-state index is -1.92. The third-order valence-electron chi connectivity index (χ3n) is 3.83. The Bertz CT molecular complexity index is 814. The zero-order valence-corrected chi connectivity index (χ0v) is 14.0. The van der Waals surface area contributed by atoms with Crippen molar-refractivity contribution in [3.05, 3.63) is 96.1 Å². The molecule has 0 saturated carbocycles. The molecular formula is C20H16ClNO3. The molecule has 4 nitrogen and oxygen atoms in total. The Hall–Kier alpha value is -2.82. The van der Waals surface area contributed by atoms with Gasteiger partial charge in [-0.1, -0.05) is 66.7 Å². The van der Waals surface area contributed by atoms with Gasteiger partial charge in [-0.25, -0.2) is 4.79 Å². The van der Waals surface area contributed by atoms with Gasteiger partial charge in [0.05, 0.1) is 5.69 Å². The summed E-state index contributed by atoms with van der Waals surface area (Å²) >= 11 is 5.58. The first-order valence-corrected chi connectivity index (χ1v) is 8.05. The van der Waals surface area contributed by atoms with Gasteiger partial charge in [0, 0.05) is 17.8 Å². The number of rotatable bonds is 5. The molecule has 0 radical (unpaired) electrons. The number of hydrogen-bond donors (Lipinski definition) is 2. The van der Waals surface area contributed by atoms with Crippen LogP contribution in [-0.2, 0) is 10.4 Å². The van der Waals surface area contributed by atoms with Gasteiger partial charge in [-0.2, -0.15) is 0 Å². The number of aliphatic hydroxyl groups is 1. The highest BCUT2D eigenvalue weighted by Gasteiger charge is 2.41. The fourth-order valence-corrected chi connectivity index (χ4v) is 2.68. The van der Waals surface area contributed by atoms with E-state index in [2.05, 4.69) is 4.84 Å². The summed E-state index contributed by atoms with van der Waals surface area (Å²) in [5.74, 6) is -0.516. The maximum atomic E-state index is 12.9. The molecule has 126 valence electrons. The van der Waals surface area contributed by atoms with Gasteiger partial charge in [0.2, 0.25) is 5.60 Å². The highest BCUT2D eigenvalue weighted by atomic mass is 35.5. The summed E-state index contributed by atoms with van der Waals surface area (Å²) in [6.07, 6.45) is 0. The van der Waals surface area contributed by atoms with E-state index >= 15 is 0 Å². The smallest absolute Gasteiger partial charge is 0.353 e. The Kier molecular flexibility index (Phi) is 5.03. The SMILES string of the molecule is O=C(Oc1cccc(NCl)c1)C(O)(c1ccccc1)c1ccccc1. The molecule has 3 rings (SSSR count). The Labute approximate surface area is 150 Å². The lowest BCUT2D eigenvalue weighted by molar-refractivity contribution is -0.152. The molecule has 0 fully saturated rings. The average Bonchev–Trinajstić information content (AvgIpc) is 2.68. The topological polar surface area (TPSA) is 58.6 Å². The van der Waals surface area contributed by atoms with Gasteiger partial charge in [-0.05, 0) is 23.3 Å². The fourth-order valence-electron chi connectivity index (χ4n) is 2.56. The molecule has 0 atom stereocenters. The molecule has 0 bridgehead atoms. The van der Waals surface area contributed by atoms with Crippen LogP contribution in [0, 0.1) is 0 Å². The predicted molar refractivity (Wildman–Crippen MR) is 97.4 cm³/mol. The van der Waals surface area contributed by atoms with Crippen molar-refractivity contribution in [3.63, 3.8) is 0 Å². The number of carbonyl (C=O) groups excluding carboxylic acids is 1. The van der Waals surface area contributed by atoms with Crippen LogP contribution in [0.25, 0.3) is 0 Å². The Morgan fingerprint density at radius 3 is 1.96 bits per heavy atom. The molecule has 0 aliphatic rings. The largest absolute Gasteiger partial charge is 0.424 e. The third-order valence-corrected chi connectivity index (χ3v) is 4.05. The van der Waals surface area contributed by atoms with Crippen LogP contribution in [0.2, 0.25) is 0 Å². The van der Waals surface area contributed by atoms with Crippen molar-refractivity contribution in [2.45, 2.75) is 5.60 Å². The van der Waals surface area contributed by atoms with Crippen molar-refractivity contribution in [1.82, 2.24) is 0 Å². The van der Waals surface area contributed by atoms with E-state index in [9.17, 15) is 9.90 Å². The van der Waals surface area contributed by atoms with Gasteiger partial charge in [0.25, 0.3) is 0 Å². The number of hydrogen-bond acceptors (Lipinski definition) is 4. The second-order valence-corrected chi connectivity index (χ2v) is 5.64. The molecule has 0 aliphatic carbocycles. The molecule has 0 aromatic heterocycles. The molecule has 0 unspecified atom stereocenters. The van der Waals surface area contributed by atoms with Gasteiger partial charge in [-0.3, -0.25) is 4.84 Å². The minimum absolute atomic E-state index is 0.279. The van der Waals surface area contributed by atoms with E-state index in [1.807, 2.05) is 12.1 Å². The third kappa shape index (κ3) is 3.50. The molecule has 0 heterocycles. The van der Waals surface area contributed by atoms with Crippen LogP contribution >= 0.6 is 11.8 Å². The van der Waals surface area contributed by atoms with Crippen LogP contribution in [0.15, 0.2) is 84.9 Å². The van der Waals surface area contributed by atoms with E-state index < -0.39 is 11.6 Å². The molecule has 0 aliphatic heterocycles. The Balaban J connectivity index is 2.01. The van der Waals surface area contributed by atoms with E-state index in [0.29, 0.717) is 16.8 Å². The summed E-state index contributed by atoms with van der Waals surface area (Å²) in [5.41, 5.74) is -0.488. The lowest BCUT2D eigenvalue weighted by atomic mass is 9.86. The number of ether oxygens (including phenoxy) is 1. The zero-order valence-electron chi connectivity index (χ0n) is 13.2. The van der Waals surface area contributed by atoms with Crippen molar-refractivity contribution < 1.29 is 14.6 Å². The van der Waals surface area contributed by atoms with Crippen LogP contribution in [0.3, 0.4) is 0 Å². The summed E-state index contributed by atoms with van der Waals surface area (Å²) < 4.78 is 5.44. The van der Waals surface area contributed by atoms with E-state index in [4.69, 9.17) is 16.5 Å². The predicted octanol–water partition coefficient (Wildman–Crippen LogP) is 4.09. The highest BCUT2D eigenvalue weighted by molar-refractivity contribution is 6.24. The lowest BCUT2D eigenvalue weighted by Gasteiger charge is -2.27. The van der Waals surface area contributed by atoms with Crippen molar-refractivity contribution >= 4 is 23.4 Å². The summed E-state index contributed by atoms with van der Waals surface area (Å²) in [7, 11) is 0. The summed E-state index contributed by atoms with van der Waals surface area (Å²) in [6.45, 7) is 0.